The molecule has 0 aliphatic heterocycles. The number of aryl methyl sites for hydroxylation is 1. The minimum atomic E-state index is 0.742. The van der Waals surface area contributed by atoms with E-state index in [4.69, 9.17) is 4.98 Å². The van der Waals surface area contributed by atoms with Crippen molar-refractivity contribution in [2.24, 2.45) is 0 Å². The molecule has 1 saturated carbocycles. The van der Waals surface area contributed by atoms with Crippen molar-refractivity contribution in [1.82, 2.24) is 10.3 Å². The van der Waals surface area contributed by atoms with Crippen LogP contribution in [0.4, 0.5) is 0 Å². The molecule has 1 heterocycles. The number of thioether (sulfide) groups is 1. The Morgan fingerprint density at radius 1 is 1.35 bits per heavy atom. The van der Waals surface area contributed by atoms with Crippen LogP contribution < -0.4 is 5.32 Å². The fraction of sp³-hybridized carbons (Fsp3) is 0.438. The molecule has 0 radical (unpaired) electrons. The van der Waals surface area contributed by atoms with Gasteiger partial charge >= 0.3 is 0 Å². The third-order valence-electron chi connectivity index (χ3n) is 3.52. The third-order valence-corrected chi connectivity index (χ3v) is 5.96. The molecule has 1 aromatic heterocycles. The van der Waals surface area contributed by atoms with Gasteiger partial charge in [-0.25, -0.2) is 4.98 Å². The van der Waals surface area contributed by atoms with Crippen LogP contribution >= 0.6 is 23.1 Å². The molecule has 1 N–H and O–H groups in total. The molecule has 1 aromatic carbocycles. The lowest BCUT2D eigenvalue weighted by atomic mass is 10.2. The molecule has 0 spiro atoms. The van der Waals surface area contributed by atoms with Gasteiger partial charge in [0.15, 0.2) is 0 Å². The zero-order valence-electron chi connectivity index (χ0n) is 12.0. The summed E-state index contributed by atoms with van der Waals surface area (Å²) in [5.41, 5.74) is 2.72. The maximum atomic E-state index is 4.89. The molecule has 2 aromatic rings. The topological polar surface area (TPSA) is 24.9 Å². The molecule has 0 bridgehead atoms. The van der Waals surface area contributed by atoms with E-state index in [1.54, 1.807) is 0 Å². The minimum absolute atomic E-state index is 0.742. The lowest BCUT2D eigenvalue weighted by Crippen LogP contribution is -2.05. The van der Waals surface area contributed by atoms with E-state index in [0.717, 1.165) is 18.2 Å². The summed E-state index contributed by atoms with van der Waals surface area (Å²) >= 11 is 3.78. The Morgan fingerprint density at radius 3 is 2.85 bits per heavy atom. The number of rotatable bonds is 6. The van der Waals surface area contributed by atoms with Crippen molar-refractivity contribution in [3.63, 3.8) is 0 Å². The SMILES string of the molecule is CNCc1sc(CSc2ccccc2C)nc1C1CC1. The predicted molar refractivity (Wildman–Crippen MR) is 87.6 cm³/mol. The number of aromatic nitrogens is 1. The van der Waals surface area contributed by atoms with E-state index in [9.17, 15) is 0 Å². The maximum Gasteiger partial charge on any atom is 0.103 e. The Balaban J connectivity index is 1.71. The van der Waals surface area contributed by atoms with Crippen molar-refractivity contribution >= 4 is 23.1 Å². The van der Waals surface area contributed by atoms with Crippen LogP contribution in [0.1, 0.15) is 39.9 Å². The molecule has 20 heavy (non-hydrogen) atoms. The first kappa shape index (κ1) is 14.1. The van der Waals surface area contributed by atoms with Crippen LogP contribution in [-0.4, -0.2) is 12.0 Å². The quantitative estimate of drug-likeness (QED) is 0.804. The summed E-state index contributed by atoms with van der Waals surface area (Å²) in [5, 5.41) is 4.54. The molecule has 0 amide bonds. The van der Waals surface area contributed by atoms with Gasteiger partial charge in [-0.1, -0.05) is 18.2 Å². The molecular weight excluding hydrogens is 284 g/mol. The first-order chi connectivity index (χ1) is 9.78. The summed E-state index contributed by atoms with van der Waals surface area (Å²) in [5.74, 6) is 1.73. The Kier molecular flexibility index (Phi) is 4.44. The van der Waals surface area contributed by atoms with Crippen molar-refractivity contribution in [1.29, 1.82) is 0 Å². The van der Waals surface area contributed by atoms with Crippen LogP contribution in [0.2, 0.25) is 0 Å². The lowest BCUT2D eigenvalue weighted by molar-refractivity contribution is 0.812. The Hall–Kier alpha value is -0.840. The fourth-order valence-electron chi connectivity index (χ4n) is 2.30. The second-order valence-electron chi connectivity index (χ2n) is 5.27. The van der Waals surface area contributed by atoms with Gasteiger partial charge in [-0.3, -0.25) is 0 Å². The zero-order valence-corrected chi connectivity index (χ0v) is 13.6. The number of nitrogens with zero attached hydrogens (tertiary/aromatic N) is 1. The summed E-state index contributed by atoms with van der Waals surface area (Å²) in [7, 11) is 2.01. The molecule has 3 rings (SSSR count). The highest BCUT2D eigenvalue weighted by molar-refractivity contribution is 7.98. The molecule has 2 nitrogen and oxygen atoms in total. The van der Waals surface area contributed by atoms with Crippen LogP contribution in [0, 0.1) is 6.92 Å². The normalized spacial score (nSPS) is 14.7. The van der Waals surface area contributed by atoms with E-state index in [-0.39, 0.29) is 0 Å². The molecule has 0 unspecified atom stereocenters. The molecular formula is C16H20N2S2. The highest BCUT2D eigenvalue weighted by Crippen LogP contribution is 2.43. The molecule has 106 valence electrons. The Labute approximate surface area is 129 Å². The summed E-state index contributed by atoms with van der Waals surface area (Å²) in [4.78, 5) is 7.70. The summed E-state index contributed by atoms with van der Waals surface area (Å²) in [6.07, 6.45) is 2.65. The average molecular weight is 304 g/mol. The zero-order chi connectivity index (χ0) is 13.9. The standard InChI is InChI=1S/C16H20N2S2/c1-11-5-3-4-6-13(11)19-10-15-18-16(12-7-8-12)14(20-15)9-17-2/h3-6,12,17H,7-10H2,1-2H3. The van der Waals surface area contributed by atoms with Crippen molar-refractivity contribution in [3.8, 4) is 0 Å². The highest BCUT2D eigenvalue weighted by atomic mass is 32.2. The predicted octanol–water partition coefficient (Wildman–Crippen LogP) is 4.34. The van der Waals surface area contributed by atoms with E-state index in [1.165, 1.54) is 38.9 Å². The first-order valence-corrected chi connectivity index (χ1v) is 8.89. The van der Waals surface area contributed by atoms with Gasteiger partial charge in [-0.2, -0.15) is 0 Å². The average Bonchev–Trinajstić information content (AvgIpc) is 3.21. The second-order valence-corrected chi connectivity index (χ2v) is 7.46. The number of hydrogen-bond acceptors (Lipinski definition) is 4. The Bertz CT molecular complexity index is 588. The van der Waals surface area contributed by atoms with Crippen LogP contribution in [0.5, 0.6) is 0 Å². The fourth-order valence-corrected chi connectivity index (χ4v) is 4.48. The van der Waals surface area contributed by atoms with Gasteiger partial charge < -0.3 is 5.32 Å². The van der Waals surface area contributed by atoms with Crippen molar-refractivity contribution < 1.29 is 0 Å². The van der Waals surface area contributed by atoms with Gasteiger partial charge in [0.1, 0.15) is 5.01 Å². The van der Waals surface area contributed by atoms with E-state index in [0.29, 0.717) is 0 Å². The summed E-state index contributed by atoms with van der Waals surface area (Å²) < 4.78 is 0. The highest BCUT2D eigenvalue weighted by Gasteiger charge is 2.29. The second kappa shape index (κ2) is 6.29. The van der Waals surface area contributed by atoms with Gasteiger partial charge in [-0.15, -0.1) is 23.1 Å². The van der Waals surface area contributed by atoms with Crippen LogP contribution in [-0.2, 0) is 12.3 Å². The van der Waals surface area contributed by atoms with Gasteiger partial charge in [0.2, 0.25) is 0 Å². The molecule has 1 aliphatic carbocycles. The van der Waals surface area contributed by atoms with E-state index in [1.807, 2.05) is 30.1 Å². The lowest BCUT2D eigenvalue weighted by Gasteiger charge is -2.02. The van der Waals surface area contributed by atoms with Gasteiger partial charge in [0.25, 0.3) is 0 Å². The van der Waals surface area contributed by atoms with Crippen LogP contribution in [0.25, 0.3) is 0 Å². The molecule has 4 heteroatoms. The van der Waals surface area contributed by atoms with Crippen LogP contribution in [0.15, 0.2) is 29.2 Å². The smallest absolute Gasteiger partial charge is 0.103 e. The largest absolute Gasteiger partial charge is 0.315 e. The number of benzene rings is 1. The number of nitrogens with one attached hydrogen (secondary N) is 1. The summed E-state index contributed by atoms with van der Waals surface area (Å²) in [6, 6.07) is 8.58. The maximum absolute atomic E-state index is 4.89. The summed E-state index contributed by atoms with van der Waals surface area (Å²) in [6.45, 7) is 3.13. The number of hydrogen-bond donors (Lipinski definition) is 1. The van der Waals surface area contributed by atoms with Crippen LogP contribution in [0.3, 0.4) is 0 Å². The van der Waals surface area contributed by atoms with Gasteiger partial charge in [0, 0.05) is 22.2 Å². The first-order valence-electron chi connectivity index (χ1n) is 7.09. The minimum Gasteiger partial charge on any atom is -0.315 e. The monoisotopic (exact) mass is 304 g/mol. The van der Waals surface area contributed by atoms with Crippen molar-refractivity contribution in [3.05, 3.63) is 45.4 Å². The van der Waals surface area contributed by atoms with E-state index >= 15 is 0 Å². The molecule has 1 fully saturated rings. The van der Waals surface area contributed by atoms with Gasteiger partial charge in [0.05, 0.1) is 11.4 Å². The van der Waals surface area contributed by atoms with E-state index in [2.05, 4.69) is 36.5 Å². The molecule has 0 atom stereocenters. The molecule has 0 saturated heterocycles. The van der Waals surface area contributed by atoms with Gasteiger partial charge in [-0.05, 0) is 38.4 Å². The molecule has 1 aliphatic rings. The van der Waals surface area contributed by atoms with Crippen molar-refractivity contribution in [2.75, 3.05) is 7.05 Å². The number of thiazole rings is 1. The van der Waals surface area contributed by atoms with Crippen molar-refractivity contribution in [2.45, 2.75) is 42.9 Å². The van der Waals surface area contributed by atoms with E-state index < -0.39 is 0 Å². The Morgan fingerprint density at radius 2 is 2.15 bits per heavy atom. The third kappa shape index (κ3) is 3.25.